The molecule has 1 aliphatic heterocycles. The molecule has 1 heterocycles. The summed E-state index contributed by atoms with van der Waals surface area (Å²) in [7, 11) is 0. The zero-order chi connectivity index (χ0) is 19.2. The van der Waals surface area contributed by atoms with Gasteiger partial charge in [-0.1, -0.05) is 23.7 Å². The van der Waals surface area contributed by atoms with Crippen molar-refractivity contribution < 1.29 is 14.3 Å². The van der Waals surface area contributed by atoms with Crippen molar-refractivity contribution in [3.8, 4) is 0 Å². The molecule has 27 heavy (non-hydrogen) atoms. The lowest BCUT2D eigenvalue weighted by Gasteiger charge is -2.30. The molecule has 2 aromatic rings. The largest absolute Gasteiger partial charge is 0.378 e. The van der Waals surface area contributed by atoms with Gasteiger partial charge in [0.25, 0.3) is 5.91 Å². The number of carbonyl (C=O) groups is 2. The first kappa shape index (κ1) is 19.2. The monoisotopic (exact) mass is 387 g/mol. The number of morpholine rings is 1. The number of hydrogen-bond donors (Lipinski definition) is 2. The molecule has 2 aromatic carbocycles. The lowest BCUT2D eigenvalue weighted by molar-refractivity contribution is -0.114. The van der Waals surface area contributed by atoms with Crippen LogP contribution in [0.4, 0.5) is 11.4 Å². The molecule has 1 fully saturated rings. The summed E-state index contributed by atoms with van der Waals surface area (Å²) >= 11 is 6.00. The van der Waals surface area contributed by atoms with E-state index in [1.807, 2.05) is 24.3 Å². The fourth-order valence-corrected chi connectivity index (χ4v) is 3.21. The summed E-state index contributed by atoms with van der Waals surface area (Å²) < 4.78 is 5.41. The normalized spacial score (nSPS) is 13.9. The van der Waals surface area contributed by atoms with Crippen molar-refractivity contribution in [2.45, 2.75) is 13.5 Å². The van der Waals surface area contributed by atoms with Crippen LogP contribution in [0.2, 0.25) is 5.02 Å². The van der Waals surface area contributed by atoms with E-state index < -0.39 is 0 Å². The van der Waals surface area contributed by atoms with Gasteiger partial charge in [-0.3, -0.25) is 9.59 Å². The standard InChI is InChI=1S/C20H22ClN3O3/c1-14(25)23-17-5-6-18(19(12-17)24-7-9-27-10-8-24)20(26)22-13-15-3-2-4-16(21)11-15/h2-6,11-12H,7-10,13H2,1H3,(H,22,26)(H,23,25). The van der Waals surface area contributed by atoms with Crippen LogP contribution in [-0.2, 0) is 16.1 Å². The fourth-order valence-electron chi connectivity index (χ4n) is 3.00. The third-order valence-corrected chi connectivity index (χ3v) is 4.49. The minimum absolute atomic E-state index is 0.152. The number of hydrogen-bond acceptors (Lipinski definition) is 4. The molecule has 3 rings (SSSR count). The Morgan fingerprint density at radius 2 is 1.93 bits per heavy atom. The third-order valence-electron chi connectivity index (χ3n) is 4.26. The van der Waals surface area contributed by atoms with Crippen molar-refractivity contribution in [3.63, 3.8) is 0 Å². The number of ether oxygens (including phenoxy) is 1. The van der Waals surface area contributed by atoms with Crippen molar-refractivity contribution in [3.05, 3.63) is 58.6 Å². The lowest BCUT2D eigenvalue weighted by atomic mass is 10.1. The van der Waals surface area contributed by atoms with Gasteiger partial charge in [-0.25, -0.2) is 0 Å². The first-order valence-electron chi connectivity index (χ1n) is 8.80. The van der Waals surface area contributed by atoms with Crippen molar-refractivity contribution in [2.24, 2.45) is 0 Å². The summed E-state index contributed by atoms with van der Waals surface area (Å²) in [5, 5.41) is 6.35. The van der Waals surface area contributed by atoms with Crippen LogP contribution in [0.25, 0.3) is 0 Å². The molecule has 0 spiro atoms. The second-order valence-corrected chi connectivity index (χ2v) is 6.76. The Balaban J connectivity index is 1.81. The SMILES string of the molecule is CC(=O)Nc1ccc(C(=O)NCc2cccc(Cl)c2)c(N2CCOCC2)c1. The molecule has 1 aliphatic rings. The van der Waals surface area contributed by atoms with Crippen LogP contribution in [0.1, 0.15) is 22.8 Å². The predicted octanol–water partition coefficient (Wildman–Crippen LogP) is 3.07. The fraction of sp³-hybridized carbons (Fsp3) is 0.300. The number of anilines is 2. The highest BCUT2D eigenvalue weighted by Gasteiger charge is 2.19. The second kappa shape index (κ2) is 8.88. The van der Waals surface area contributed by atoms with E-state index in [-0.39, 0.29) is 11.8 Å². The van der Waals surface area contributed by atoms with E-state index in [0.29, 0.717) is 49.1 Å². The Morgan fingerprint density at radius 1 is 1.15 bits per heavy atom. The van der Waals surface area contributed by atoms with Crippen LogP contribution in [0.3, 0.4) is 0 Å². The highest BCUT2D eigenvalue weighted by Crippen LogP contribution is 2.26. The molecule has 0 aromatic heterocycles. The van der Waals surface area contributed by atoms with Gasteiger partial charge >= 0.3 is 0 Å². The Hall–Kier alpha value is -2.57. The highest BCUT2D eigenvalue weighted by atomic mass is 35.5. The predicted molar refractivity (Wildman–Crippen MR) is 106 cm³/mol. The van der Waals surface area contributed by atoms with Crippen LogP contribution in [0.5, 0.6) is 0 Å². The van der Waals surface area contributed by atoms with Gasteiger partial charge in [0, 0.05) is 37.3 Å². The average molecular weight is 388 g/mol. The van der Waals surface area contributed by atoms with Gasteiger partial charge in [0.05, 0.1) is 24.5 Å². The minimum atomic E-state index is -0.175. The van der Waals surface area contributed by atoms with Crippen LogP contribution in [-0.4, -0.2) is 38.1 Å². The summed E-state index contributed by atoms with van der Waals surface area (Å²) in [6.45, 7) is 4.44. The first-order chi connectivity index (χ1) is 13.0. The van der Waals surface area contributed by atoms with E-state index in [2.05, 4.69) is 15.5 Å². The minimum Gasteiger partial charge on any atom is -0.378 e. The topological polar surface area (TPSA) is 70.7 Å². The van der Waals surface area contributed by atoms with Crippen molar-refractivity contribution in [2.75, 3.05) is 36.5 Å². The summed E-state index contributed by atoms with van der Waals surface area (Å²) in [6.07, 6.45) is 0. The Morgan fingerprint density at radius 3 is 2.63 bits per heavy atom. The van der Waals surface area contributed by atoms with Gasteiger partial charge in [-0.15, -0.1) is 0 Å². The van der Waals surface area contributed by atoms with E-state index in [4.69, 9.17) is 16.3 Å². The third kappa shape index (κ3) is 5.21. The summed E-state index contributed by atoms with van der Waals surface area (Å²) in [4.78, 5) is 26.3. The molecule has 1 saturated heterocycles. The van der Waals surface area contributed by atoms with Gasteiger partial charge in [0.1, 0.15) is 0 Å². The van der Waals surface area contributed by atoms with E-state index in [1.54, 1.807) is 18.2 Å². The maximum absolute atomic E-state index is 12.8. The molecule has 0 radical (unpaired) electrons. The number of carbonyl (C=O) groups excluding carboxylic acids is 2. The van der Waals surface area contributed by atoms with Gasteiger partial charge < -0.3 is 20.3 Å². The van der Waals surface area contributed by atoms with E-state index in [9.17, 15) is 9.59 Å². The van der Waals surface area contributed by atoms with Gasteiger partial charge in [-0.2, -0.15) is 0 Å². The number of nitrogens with zero attached hydrogens (tertiary/aromatic N) is 1. The first-order valence-corrected chi connectivity index (χ1v) is 9.18. The van der Waals surface area contributed by atoms with Crippen LogP contribution >= 0.6 is 11.6 Å². The van der Waals surface area contributed by atoms with E-state index in [0.717, 1.165) is 11.3 Å². The Labute approximate surface area is 163 Å². The average Bonchev–Trinajstić information content (AvgIpc) is 2.66. The van der Waals surface area contributed by atoms with Crippen molar-refractivity contribution in [1.82, 2.24) is 5.32 Å². The molecule has 0 saturated carbocycles. The van der Waals surface area contributed by atoms with E-state index in [1.165, 1.54) is 6.92 Å². The molecule has 0 aliphatic carbocycles. The van der Waals surface area contributed by atoms with Crippen molar-refractivity contribution in [1.29, 1.82) is 0 Å². The zero-order valence-electron chi connectivity index (χ0n) is 15.1. The molecule has 2 N–H and O–H groups in total. The number of amides is 2. The Kier molecular flexibility index (Phi) is 6.32. The number of halogens is 1. The maximum atomic E-state index is 12.8. The molecule has 6 nitrogen and oxygen atoms in total. The Bertz CT molecular complexity index is 835. The molecule has 0 bridgehead atoms. The highest BCUT2D eigenvalue weighted by molar-refractivity contribution is 6.30. The smallest absolute Gasteiger partial charge is 0.253 e. The summed E-state index contributed by atoms with van der Waals surface area (Å²) in [5.41, 5.74) is 2.94. The lowest BCUT2D eigenvalue weighted by Crippen LogP contribution is -2.38. The number of benzene rings is 2. The molecular formula is C20H22ClN3O3. The number of nitrogens with one attached hydrogen (secondary N) is 2. The van der Waals surface area contributed by atoms with Crippen molar-refractivity contribution >= 4 is 34.8 Å². The molecule has 7 heteroatoms. The molecule has 142 valence electrons. The molecular weight excluding hydrogens is 366 g/mol. The zero-order valence-corrected chi connectivity index (χ0v) is 15.9. The summed E-state index contributed by atoms with van der Waals surface area (Å²) in [5.74, 6) is -0.327. The van der Waals surface area contributed by atoms with Gasteiger partial charge in [-0.05, 0) is 35.9 Å². The molecule has 2 amide bonds. The maximum Gasteiger partial charge on any atom is 0.253 e. The van der Waals surface area contributed by atoms with Gasteiger partial charge in [0.2, 0.25) is 5.91 Å². The molecule has 0 atom stereocenters. The van der Waals surface area contributed by atoms with Crippen LogP contribution in [0, 0.1) is 0 Å². The van der Waals surface area contributed by atoms with E-state index >= 15 is 0 Å². The second-order valence-electron chi connectivity index (χ2n) is 6.33. The van der Waals surface area contributed by atoms with Gasteiger partial charge in [0.15, 0.2) is 0 Å². The molecule has 0 unspecified atom stereocenters. The quantitative estimate of drug-likeness (QED) is 0.827. The number of rotatable bonds is 5. The summed E-state index contributed by atoms with van der Waals surface area (Å²) in [6, 6.07) is 12.7. The van der Waals surface area contributed by atoms with Crippen LogP contribution in [0.15, 0.2) is 42.5 Å². The van der Waals surface area contributed by atoms with Crippen LogP contribution < -0.4 is 15.5 Å².